The van der Waals surface area contributed by atoms with Crippen molar-refractivity contribution in [2.75, 3.05) is 36.2 Å². The molecule has 1 amide bonds. The highest BCUT2D eigenvalue weighted by atomic mass is 32.2. The second-order valence-electron chi connectivity index (χ2n) is 7.33. The Labute approximate surface area is 186 Å². The Bertz CT molecular complexity index is 1030. The summed E-state index contributed by atoms with van der Waals surface area (Å²) >= 11 is 1.38. The number of thioether (sulfide) groups is 1. The van der Waals surface area contributed by atoms with Crippen LogP contribution in [0.25, 0.3) is 11.4 Å². The predicted molar refractivity (Wildman–Crippen MR) is 125 cm³/mol. The number of rotatable bonds is 8. The number of carbonyl (C=O) groups is 1. The van der Waals surface area contributed by atoms with E-state index in [0.717, 1.165) is 35.9 Å². The molecule has 1 aliphatic heterocycles. The second kappa shape index (κ2) is 9.87. The number of nitrogens with zero attached hydrogens (tertiary/aromatic N) is 4. The largest absolute Gasteiger partial charge is 0.496 e. The van der Waals surface area contributed by atoms with Crippen LogP contribution in [0.5, 0.6) is 5.75 Å². The van der Waals surface area contributed by atoms with Crippen molar-refractivity contribution in [3.63, 3.8) is 0 Å². The Morgan fingerprint density at radius 3 is 2.55 bits per heavy atom. The van der Waals surface area contributed by atoms with Gasteiger partial charge in [-0.3, -0.25) is 4.79 Å². The van der Waals surface area contributed by atoms with E-state index < -0.39 is 0 Å². The van der Waals surface area contributed by atoms with Gasteiger partial charge in [0.25, 0.3) is 0 Å². The van der Waals surface area contributed by atoms with Crippen LogP contribution in [0.4, 0.5) is 11.4 Å². The fraction of sp³-hybridized carbons (Fsp3) is 0.348. The summed E-state index contributed by atoms with van der Waals surface area (Å²) in [4.78, 5) is 14.9. The number of anilines is 2. The Kier molecular flexibility index (Phi) is 6.76. The van der Waals surface area contributed by atoms with Gasteiger partial charge in [0.2, 0.25) is 5.91 Å². The first-order valence-electron chi connectivity index (χ1n) is 10.5. The van der Waals surface area contributed by atoms with Crippen LogP contribution >= 0.6 is 11.8 Å². The smallest absolute Gasteiger partial charge is 0.234 e. The lowest BCUT2D eigenvalue weighted by molar-refractivity contribution is -0.113. The number of amides is 1. The molecule has 0 spiro atoms. The number of nitrogens with one attached hydrogen (secondary N) is 1. The average Bonchev–Trinajstić information content (AvgIpc) is 3.48. The topological polar surface area (TPSA) is 72.3 Å². The molecule has 4 rings (SSSR count). The molecule has 1 N–H and O–H groups in total. The van der Waals surface area contributed by atoms with E-state index in [-0.39, 0.29) is 11.7 Å². The Morgan fingerprint density at radius 1 is 1.10 bits per heavy atom. The van der Waals surface area contributed by atoms with Crippen LogP contribution in [0, 0.1) is 0 Å². The van der Waals surface area contributed by atoms with Crippen molar-refractivity contribution in [2.24, 2.45) is 0 Å². The van der Waals surface area contributed by atoms with Gasteiger partial charge in [0.15, 0.2) is 11.0 Å². The molecule has 0 radical (unpaired) electrons. The monoisotopic (exact) mass is 437 g/mol. The second-order valence-corrected chi connectivity index (χ2v) is 8.27. The molecule has 3 aromatic rings. The molecule has 1 aromatic heterocycles. The quantitative estimate of drug-likeness (QED) is 0.530. The van der Waals surface area contributed by atoms with Gasteiger partial charge in [-0.05, 0) is 56.2 Å². The normalized spacial score (nSPS) is 13.4. The van der Waals surface area contributed by atoms with E-state index >= 15 is 0 Å². The van der Waals surface area contributed by atoms with E-state index in [0.29, 0.717) is 11.7 Å². The minimum atomic E-state index is -0.0663. The van der Waals surface area contributed by atoms with E-state index in [1.807, 2.05) is 47.9 Å². The summed E-state index contributed by atoms with van der Waals surface area (Å²) in [5, 5.41) is 12.3. The van der Waals surface area contributed by atoms with Crippen LogP contribution in [-0.4, -0.2) is 46.6 Å². The molecule has 2 aromatic carbocycles. The third-order valence-electron chi connectivity index (χ3n) is 5.34. The number of hydrogen-bond donors (Lipinski definition) is 1. The third kappa shape index (κ3) is 4.85. The number of carbonyl (C=O) groups excluding carboxylic acids is 1. The molecule has 2 heterocycles. The maximum absolute atomic E-state index is 12.5. The van der Waals surface area contributed by atoms with Crippen molar-refractivity contribution in [1.82, 2.24) is 14.8 Å². The lowest BCUT2D eigenvalue weighted by Gasteiger charge is -2.17. The maximum Gasteiger partial charge on any atom is 0.234 e. The van der Waals surface area contributed by atoms with E-state index in [1.54, 1.807) is 7.11 Å². The summed E-state index contributed by atoms with van der Waals surface area (Å²) in [5.41, 5.74) is 2.90. The number of benzene rings is 2. The summed E-state index contributed by atoms with van der Waals surface area (Å²) < 4.78 is 7.46. The zero-order chi connectivity index (χ0) is 21.6. The number of methoxy groups -OCH3 is 1. The lowest BCUT2D eigenvalue weighted by Crippen LogP contribution is -2.18. The highest BCUT2D eigenvalue weighted by molar-refractivity contribution is 7.99. The van der Waals surface area contributed by atoms with Crippen LogP contribution in [-0.2, 0) is 11.3 Å². The minimum Gasteiger partial charge on any atom is -0.496 e. The standard InChI is InChI=1S/C23H27N5O2S/c1-3-28-22(19-8-4-5-9-20(19)30-2)25-26-23(28)31-16-21(29)24-17-10-12-18(13-11-17)27-14-6-7-15-27/h4-5,8-13H,3,6-7,14-16H2,1-2H3,(H,24,29). The summed E-state index contributed by atoms with van der Waals surface area (Å²) in [7, 11) is 1.64. The summed E-state index contributed by atoms with van der Waals surface area (Å²) in [6, 6.07) is 15.8. The number of para-hydroxylation sites is 1. The Balaban J connectivity index is 1.39. The van der Waals surface area contributed by atoms with Crippen molar-refractivity contribution in [2.45, 2.75) is 31.5 Å². The molecule has 31 heavy (non-hydrogen) atoms. The van der Waals surface area contributed by atoms with Gasteiger partial charge >= 0.3 is 0 Å². The fourth-order valence-electron chi connectivity index (χ4n) is 3.77. The molecule has 162 valence electrons. The molecule has 0 atom stereocenters. The summed E-state index contributed by atoms with van der Waals surface area (Å²) in [5.74, 6) is 1.68. The van der Waals surface area contributed by atoms with Crippen molar-refractivity contribution in [3.05, 3.63) is 48.5 Å². The first-order chi connectivity index (χ1) is 15.2. The van der Waals surface area contributed by atoms with E-state index in [2.05, 4.69) is 32.5 Å². The van der Waals surface area contributed by atoms with Gasteiger partial charge in [0.1, 0.15) is 5.75 Å². The number of ether oxygens (including phenoxy) is 1. The van der Waals surface area contributed by atoms with Crippen molar-refractivity contribution >= 4 is 29.0 Å². The first-order valence-corrected chi connectivity index (χ1v) is 11.5. The Morgan fingerprint density at radius 2 is 1.84 bits per heavy atom. The molecule has 1 saturated heterocycles. The number of hydrogen-bond acceptors (Lipinski definition) is 6. The van der Waals surface area contributed by atoms with Gasteiger partial charge in [0, 0.05) is 31.0 Å². The summed E-state index contributed by atoms with van der Waals surface area (Å²) in [6.45, 7) is 4.95. The summed E-state index contributed by atoms with van der Waals surface area (Å²) in [6.07, 6.45) is 2.49. The van der Waals surface area contributed by atoms with Crippen LogP contribution in [0.3, 0.4) is 0 Å². The zero-order valence-corrected chi connectivity index (χ0v) is 18.7. The lowest BCUT2D eigenvalue weighted by atomic mass is 10.2. The van der Waals surface area contributed by atoms with E-state index in [4.69, 9.17) is 4.74 Å². The highest BCUT2D eigenvalue weighted by Crippen LogP contribution is 2.31. The predicted octanol–water partition coefficient (Wildman–Crippen LogP) is 4.30. The van der Waals surface area contributed by atoms with Crippen LogP contribution in [0.2, 0.25) is 0 Å². The number of aromatic nitrogens is 3. The Hall–Kier alpha value is -3.00. The van der Waals surface area contributed by atoms with Gasteiger partial charge in [-0.15, -0.1) is 10.2 Å². The van der Waals surface area contributed by atoms with Gasteiger partial charge in [-0.2, -0.15) is 0 Å². The average molecular weight is 438 g/mol. The van der Waals surface area contributed by atoms with Crippen LogP contribution < -0.4 is 15.0 Å². The molecular weight excluding hydrogens is 410 g/mol. The zero-order valence-electron chi connectivity index (χ0n) is 17.9. The fourth-order valence-corrected chi connectivity index (χ4v) is 4.57. The molecule has 0 aliphatic carbocycles. The van der Waals surface area contributed by atoms with Gasteiger partial charge in [-0.25, -0.2) is 0 Å². The SMILES string of the molecule is CCn1c(SCC(=O)Nc2ccc(N3CCCC3)cc2)nnc1-c1ccccc1OC. The highest BCUT2D eigenvalue weighted by Gasteiger charge is 2.17. The molecule has 1 fully saturated rings. The minimum absolute atomic E-state index is 0.0663. The van der Waals surface area contributed by atoms with Gasteiger partial charge in [-0.1, -0.05) is 23.9 Å². The molecule has 0 saturated carbocycles. The molecule has 1 aliphatic rings. The van der Waals surface area contributed by atoms with Gasteiger partial charge in [0.05, 0.1) is 18.4 Å². The molecule has 8 heteroatoms. The van der Waals surface area contributed by atoms with Crippen molar-refractivity contribution in [3.8, 4) is 17.1 Å². The molecule has 0 bridgehead atoms. The van der Waals surface area contributed by atoms with Crippen molar-refractivity contribution < 1.29 is 9.53 Å². The first kappa shape index (κ1) is 21.2. The molecular formula is C23H27N5O2S. The van der Waals surface area contributed by atoms with E-state index in [1.165, 1.54) is 30.3 Å². The van der Waals surface area contributed by atoms with Crippen LogP contribution in [0.15, 0.2) is 53.7 Å². The van der Waals surface area contributed by atoms with E-state index in [9.17, 15) is 4.79 Å². The van der Waals surface area contributed by atoms with Crippen LogP contribution in [0.1, 0.15) is 19.8 Å². The van der Waals surface area contributed by atoms with Gasteiger partial charge < -0.3 is 19.5 Å². The third-order valence-corrected chi connectivity index (χ3v) is 6.30. The maximum atomic E-state index is 12.5. The van der Waals surface area contributed by atoms with Crippen molar-refractivity contribution in [1.29, 1.82) is 0 Å². The molecule has 7 nitrogen and oxygen atoms in total. The molecule has 0 unspecified atom stereocenters.